The summed E-state index contributed by atoms with van der Waals surface area (Å²) >= 11 is 0. The van der Waals surface area contributed by atoms with Gasteiger partial charge in [0.1, 0.15) is 5.54 Å². The third-order valence-electron chi connectivity index (χ3n) is 4.53. The number of nitrogen functional groups attached to an aromatic ring is 1. The number of carbonyl (C=O) groups is 3. The van der Waals surface area contributed by atoms with Crippen molar-refractivity contribution in [3.8, 4) is 0 Å². The first-order valence-electron chi connectivity index (χ1n) is 9.13. The summed E-state index contributed by atoms with van der Waals surface area (Å²) in [5.41, 5.74) is 5.73. The summed E-state index contributed by atoms with van der Waals surface area (Å²) in [7, 11) is 0. The van der Waals surface area contributed by atoms with Gasteiger partial charge in [-0.3, -0.25) is 9.59 Å². The summed E-state index contributed by atoms with van der Waals surface area (Å²) in [5.74, 6) is -0.555. The normalized spacial score (nSPS) is 15.1. The Balaban J connectivity index is 1.88. The van der Waals surface area contributed by atoms with E-state index in [4.69, 9.17) is 10.5 Å². The van der Waals surface area contributed by atoms with Gasteiger partial charge in [-0.25, -0.2) is 4.79 Å². The minimum atomic E-state index is -1.07. The first-order valence-corrected chi connectivity index (χ1v) is 9.13. The highest BCUT2D eigenvalue weighted by Gasteiger charge is 2.36. The summed E-state index contributed by atoms with van der Waals surface area (Å²) in [5, 5.41) is 5.39. The van der Waals surface area contributed by atoms with Crippen LogP contribution in [0.5, 0.6) is 0 Å². The van der Waals surface area contributed by atoms with Gasteiger partial charge in [0, 0.05) is 24.5 Å². The van der Waals surface area contributed by atoms with E-state index in [2.05, 4.69) is 10.6 Å². The fourth-order valence-electron chi connectivity index (χ4n) is 3.04. The molecule has 0 saturated carbocycles. The molecule has 1 aliphatic rings. The molecule has 4 N–H and O–H groups in total. The van der Waals surface area contributed by atoms with Crippen molar-refractivity contribution in [1.29, 1.82) is 0 Å². The highest BCUT2D eigenvalue weighted by molar-refractivity contribution is 5.95. The predicted molar refractivity (Wildman–Crippen MR) is 103 cm³/mol. The van der Waals surface area contributed by atoms with Crippen molar-refractivity contribution in [3.63, 3.8) is 0 Å². The number of hydrogen-bond donors (Lipinski definition) is 3. The Kier molecular flexibility index (Phi) is 6.65. The van der Waals surface area contributed by atoms with Crippen molar-refractivity contribution in [2.75, 3.05) is 30.7 Å². The van der Waals surface area contributed by atoms with Gasteiger partial charge in [0.05, 0.1) is 12.5 Å². The molecule has 0 spiro atoms. The van der Waals surface area contributed by atoms with E-state index in [1.165, 1.54) is 0 Å². The minimum absolute atomic E-state index is 0.168. The number of amides is 3. The molecular weight excluding hydrogens is 348 g/mol. The number of anilines is 2. The molecule has 1 saturated heterocycles. The predicted octanol–water partition coefficient (Wildman–Crippen LogP) is 1.97. The zero-order valence-corrected chi connectivity index (χ0v) is 16.1. The standard InChI is InChI=1S/C19H28N4O4/c1-4-27-16(24)13-9-11-23(12-10-13)17(25)19(2,3)22-18(26)21-15-7-5-14(20)6-8-15/h5-8,13H,4,9-12,20H2,1-3H3,(H2,21,22,26). The van der Waals surface area contributed by atoms with Crippen molar-refractivity contribution >= 4 is 29.3 Å². The van der Waals surface area contributed by atoms with Crippen LogP contribution in [0.25, 0.3) is 0 Å². The Hall–Kier alpha value is -2.77. The highest BCUT2D eigenvalue weighted by atomic mass is 16.5. The maximum atomic E-state index is 12.8. The number of likely N-dealkylation sites (tertiary alicyclic amines) is 1. The largest absolute Gasteiger partial charge is 0.466 e. The smallest absolute Gasteiger partial charge is 0.320 e. The number of hydrogen-bond acceptors (Lipinski definition) is 5. The van der Waals surface area contributed by atoms with Gasteiger partial charge in [-0.15, -0.1) is 0 Å². The van der Waals surface area contributed by atoms with E-state index >= 15 is 0 Å². The molecule has 0 atom stereocenters. The molecule has 8 heteroatoms. The Morgan fingerprint density at radius 2 is 1.78 bits per heavy atom. The summed E-state index contributed by atoms with van der Waals surface area (Å²) in [6, 6.07) is 6.26. The number of urea groups is 1. The van der Waals surface area contributed by atoms with Gasteiger partial charge in [-0.1, -0.05) is 0 Å². The number of nitrogens with one attached hydrogen (secondary N) is 2. The van der Waals surface area contributed by atoms with E-state index in [1.807, 2.05) is 0 Å². The molecule has 1 heterocycles. The van der Waals surface area contributed by atoms with Crippen molar-refractivity contribution in [1.82, 2.24) is 10.2 Å². The highest BCUT2D eigenvalue weighted by Crippen LogP contribution is 2.21. The zero-order chi connectivity index (χ0) is 20.0. The lowest BCUT2D eigenvalue weighted by molar-refractivity contribution is -0.152. The Morgan fingerprint density at radius 1 is 1.19 bits per heavy atom. The number of nitrogens with zero attached hydrogens (tertiary/aromatic N) is 1. The maximum absolute atomic E-state index is 12.8. The molecule has 148 valence electrons. The average molecular weight is 376 g/mol. The maximum Gasteiger partial charge on any atom is 0.320 e. The Morgan fingerprint density at radius 3 is 2.33 bits per heavy atom. The third-order valence-corrected chi connectivity index (χ3v) is 4.53. The van der Waals surface area contributed by atoms with Crippen LogP contribution in [0.15, 0.2) is 24.3 Å². The van der Waals surface area contributed by atoms with Crippen molar-refractivity contribution in [3.05, 3.63) is 24.3 Å². The summed E-state index contributed by atoms with van der Waals surface area (Å²) < 4.78 is 5.05. The molecule has 3 amide bonds. The lowest BCUT2D eigenvalue weighted by Gasteiger charge is -2.36. The summed E-state index contributed by atoms with van der Waals surface area (Å²) in [4.78, 5) is 38.5. The number of esters is 1. The van der Waals surface area contributed by atoms with E-state index in [9.17, 15) is 14.4 Å². The molecule has 1 aromatic carbocycles. The van der Waals surface area contributed by atoms with Crippen LogP contribution in [-0.4, -0.2) is 48.0 Å². The molecule has 27 heavy (non-hydrogen) atoms. The third kappa shape index (κ3) is 5.60. The number of ether oxygens (including phenoxy) is 1. The zero-order valence-electron chi connectivity index (χ0n) is 16.1. The summed E-state index contributed by atoms with van der Waals surface area (Å²) in [6.45, 7) is 6.39. The van der Waals surface area contributed by atoms with E-state index in [1.54, 1.807) is 49.9 Å². The molecule has 8 nitrogen and oxygen atoms in total. The van der Waals surface area contributed by atoms with Crippen LogP contribution in [0.4, 0.5) is 16.2 Å². The second-order valence-electron chi connectivity index (χ2n) is 7.14. The van der Waals surface area contributed by atoms with Crippen LogP contribution in [0.2, 0.25) is 0 Å². The molecule has 1 fully saturated rings. The fourth-order valence-corrected chi connectivity index (χ4v) is 3.04. The van der Waals surface area contributed by atoms with Gasteiger partial charge in [-0.05, 0) is 57.9 Å². The number of carbonyl (C=O) groups excluding carboxylic acids is 3. The SMILES string of the molecule is CCOC(=O)C1CCN(C(=O)C(C)(C)NC(=O)Nc2ccc(N)cc2)CC1. The van der Waals surface area contributed by atoms with Crippen LogP contribution in [0.3, 0.4) is 0 Å². The quantitative estimate of drug-likeness (QED) is 0.537. The van der Waals surface area contributed by atoms with Crippen LogP contribution < -0.4 is 16.4 Å². The molecule has 2 rings (SSSR count). The monoisotopic (exact) mass is 376 g/mol. The summed E-state index contributed by atoms with van der Waals surface area (Å²) in [6.07, 6.45) is 1.14. The van der Waals surface area contributed by atoms with Crippen LogP contribution in [0.1, 0.15) is 33.6 Å². The van der Waals surface area contributed by atoms with Crippen LogP contribution in [-0.2, 0) is 14.3 Å². The lowest BCUT2D eigenvalue weighted by atomic mass is 9.94. The second-order valence-corrected chi connectivity index (χ2v) is 7.14. The number of nitrogens with two attached hydrogens (primary N) is 1. The van der Waals surface area contributed by atoms with E-state index in [0.717, 1.165) is 0 Å². The van der Waals surface area contributed by atoms with E-state index < -0.39 is 11.6 Å². The van der Waals surface area contributed by atoms with Gasteiger partial charge in [-0.2, -0.15) is 0 Å². The topological polar surface area (TPSA) is 114 Å². The second kappa shape index (κ2) is 8.75. The van der Waals surface area contributed by atoms with Gasteiger partial charge in [0.25, 0.3) is 0 Å². The number of benzene rings is 1. The fraction of sp³-hybridized carbons (Fsp3) is 0.526. The van der Waals surface area contributed by atoms with E-state index in [-0.39, 0.29) is 17.8 Å². The Labute approximate surface area is 159 Å². The molecular formula is C19H28N4O4. The first-order chi connectivity index (χ1) is 12.7. The minimum Gasteiger partial charge on any atom is -0.466 e. The molecule has 0 bridgehead atoms. The van der Waals surface area contributed by atoms with Gasteiger partial charge in [0.2, 0.25) is 5.91 Å². The van der Waals surface area contributed by atoms with Gasteiger partial charge >= 0.3 is 12.0 Å². The molecule has 0 radical (unpaired) electrons. The first kappa shape index (κ1) is 20.5. The van der Waals surface area contributed by atoms with E-state index in [0.29, 0.717) is 43.9 Å². The molecule has 0 unspecified atom stereocenters. The average Bonchev–Trinajstić information content (AvgIpc) is 2.63. The van der Waals surface area contributed by atoms with Crippen molar-refractivity contribution in [2.45, 2.75) is 39.2 Å². The Bertz CT molecular complexity index is 679. The van der Waals surface area contributed by atoms with Gasteiger partial charge < -0.3 is 26.0 Å². The van der Waals surface area contributed by atoms with Crippen molar-refractivity contribution in [2.24, 2.45) is 5.92 Å². The number of piperidine rings is 1. The van der Waals surface area contributed by atoms with Crippen LogP contribution in [0, 0.1) is 5.92 Å². The molecule has 1 aliphatic heterocycles. The van der Waals surface area contributed by atoms with Gasteiger partial charge in [0.15, 0.2) is 0 Å². The molecule has 1 aromatic rings. The lowest BCUT2D eigenvalue weighted by Crippen LogP contribution is -2.58. The number of rotatable bonds is 5. The molecule has 0 aliphatic carbocycles. The molecule has 0 aromatic heterocycles. The van der Waals surface area contributed by atoms with Crippen molar-refractivity contribution < 1.29 is 19.1 Å². The van der Waals surface area contributed by atoms with Crippen LogP contribution >= 0.6 is 0 Å².